The summed E-state index contributed by atoms with van der Waals surface area (Å²) in [4.78, 5) is 1.39. The first kappa shape index (κ1) is 8.72. The Hall–Kier alpha value is -0.370. The van der Waals surface area contributed by atoms with Gasteiger partial charge in [0, 0.05) is 4.88 Å². The molecule has 1 heterocycles. The molecular formula is C9H15NS. The van der Waals surface area contributed by atoms with Crippen LogP contribution in [0.25, 0.3) is 0 Å². The molecule has 0 saturated carbocycles. The number of nitrogens with zero attached hydrogens (tertiary/aromatic N) is 1. The van der Waals surface area contributed by atoms with E-state index in [0.717, 1.165) is 6.42 Å². The van der Waals surface area contributed by atoms with E-state index in [1.165, 1.54) is 16.1 Å². The van der Waals surface area contributed by atoms with Gasteiger partial charge in [-0.15, -0.1) is 0 Å². The predicted octanol–water partition coefficient (Wildman–Crippen LogP) is 3.14. The van der Waals surface area contributed by atoms with Crippen LogP contribution in [0.5, 0.6) is 0 Å². The van der Waals surface area contributed by atoms with Crippen LogP contribution in [-0.4, -0.2) is 4.37 Å². The summed E-state index contributed by atoms with van der Waals surface area (Å²) in [7, 11) is 0. The first-order chi connectivity index (χ1) is 5.16. The highest BCUT2D eigenvalue weighted by atomic mass is 32.1. The lowest BCUT2D eigenvalue weighted by Crippen LogP contribution is -1.93. The highest BCUT2D eigenvalue weighted by molar-refractivity contribution is 7.05. The lowest BCUT2D eigenvalue weighted by Gasteiger charge is -2.04. The molecule has 0 saturated heterocycles. The number of aryl methyl sites for hydroxylation is 2. The zero-order valence-electron chi connectivity index (χ0n) is 7.64. The second kappa shape index (κ2) is 3.35. The van der Waals surface area contributed by atoms with Crippen molar-refractivity contribution in [1.82, 2.24) is 4.37 Å². The van der Waals surface area contributed by atoms with Crippen LogP contribution in [0.2, 0.25) is 0 Å². The Kier molecular flexibility index (Phi) is 2.66. The zero-order chi connectivity index (χ0) is 8.43. The van der Waals surface area contributed by atoms with Gasteiger partial charge in [-0.25, -0.2) is 0 Å². The molecule has 0 aromatic carbocycles. The number of hydrogen-bond acceptors (Lipinski definition) is 2. The average Bonchev–Trinajstić information content (AvgIpc) is 2.30. The molecule has 1 aromatic rings. The number of hydrogen-bond donors (Lipinski definition) is 0. The van der Waals surface area contributed by atoms with Crippen molar-refractivity contribution in [1.29, 1.82) is 0 Å². The summed E-state index contributed by atoms with van der Waals surface area (Å²) in [5, 5.41) is 0. The van der Waals surface area contributed by atoms with Crippen LogP contribution in [0, 0.1) is 6.92 Å². The normalized spacial score (nSPS) is 11.0. The minimum Gasteiger partial charge on any atom is -0.197 e. The lowest BCUT2D eigenvalue weighted by molar-refractivity contribution is 0.834. The molecule has 0 amide bonds. The molecule has 11 heavy (non-hydrogen) atoms. The molecule has 0 aliphatic heterocycles. The SMILES string of the molecule is CCc1nsc(C)c1C(C)C. The molecule has 0 unspecified atom stereocenters. The molecule has 0 spiro atoms. The maximum Gasteiger partial charge on any atom is 0.0576 e. The van der Waals surface area contributed by atoms with Crippen LogP contribution in [-0.2, 0) is 6.42 Å². The van der Waals surface area contributed by atoms with E-state index in [2.05, 4.69) is 32.1 Å². The highest BCUT2D eigenvalue weighted by Gasteiger charge is 2.11. The van der Waals surface area contributed by atoms with Crippen LogP contribution in [0.1, 0.15) is 42.8 Å². The zero-order valence-corrected chi connectivity index (χ0v) is 8.46. The van der Waals surface area contributed by atoms with Crippen molar-refractivity contribution in [3.8, 4) is 0 Å². The van der Waals surface area contributed by atoms with E-state index in [9.17, 15) is 0 Å². The van der Waals surface area contributed by atoms with Gasteiger partial charge in [-0.05, 0) is 36.4 Å². The van der Waals surface area contributed by atoms with E-state index in [0.29, 0.717) is 5.92 Å². The Bertz CT molecular complexity index is 238. The van der Waals surface area contributed by atoms with Gasteiger partial charge in [-0.1, -0.05) is 20.8 Å². The van der Waals surface area contributed by atoms with Gasteiger partial charge in [0.25, 0.3) is 0 Å². The van der Waals surface area contributed by atoms with Crippen LogP contribution in [0.4, 0.5) is 0 Å². The van der Waals surface area contributed by atoms with Crippen molar-refractivity contribution in [3.05, 3.63) is 16.1 Å². The molecule has 0 aliphatic rings. The van der Waals surface area contributed by atoms with Gasteiger partial charge in [0.1, 0.15) is 0 Å². The summed E-state index contributed by atoms with van der Waals surface area (Å²) in [6.07, 6.45) is 1.07. The summed E-state index contributed by atoms with van der Waals surface area (Å²) in [5.41, 5.74) is 2.76. The molecule has 0 N–H and O–H groups in total. The lowest BCUT2D eigenvalue weighted by atomic mass is 10.0. The second-order valence-corrected chi connectivity index (χ2v) is 4.08. The van der Waals surface area contributed by atoms with Crippen molar-refractivity contribution < 1.29 is 0 Å². The van der Waals surface area contributed by atoms with E-state index in [1.807, 2.05) is 0 Å². The summed E-state index contributed by atoms with van der Waals surface area (Å²) >= 11 is 1.63. The molecule has 0 fully saturated rings. The standard InChI is InChI=1S/C9H15NS/c1-5-8-9(6(2)3)7(4)11-10-8/h6H,5H2,1-4H3. The third-order valence-electron chi connectivity index (χ3n) is 1.90. The van der Waals surface area contributed by atoms with Crippen molar-refractivity contribution in [2.24, 2.45) is 0 Å². The predicted molar refractivity (Wildman–Crippen MR) is 50.3 cm³/mol. The quantitative estimate of drug-likeness (QED) is 0.662. The fraction of sp³-hybridized carbons (Fsp3) is 0.667. The maximum absolute atomic E-state index is 4.40. The van der Waals surface area contributed by atoms with Crippen LogP contribution < -0.4 is 0 Å². The topological polar surface area (TPSA) is 12.9 Å². The molecule has 1 nitrogen and oxygen atoms in total. The van der Waals surface area contributed by atoms with E-state index in [4.69, 9.17) is 0 Å². The van der Waals surface area contributed by atoms with Gasteiger partial charge in [-0.3, -0.25) is 0 Å². The molecule has 0 radical (unpaired) electrons. The second-order valence-electron chi connectivity index (χ2n) is 3.11. The first-order valence-corrected chi connectivity index (χ1v) is 4.89. The van der Waals surface area contributed by atoms with E-state index in [1.54, 1.807) is 11.5 Å². The minimum absolute atomic E-state index is 0.628. The Morgan fingerprint density at radius 3 is 2.45 bits per heavy atom. The van der Waals surface area contributed by atoms with Gasteiger partial charge in [0.05, 0.1) is 5.69 Å². The fourth-order valence-electron chi connectivity index (χ4n) is 1.42. The van der Waals surface area contributed by atoms with Gasteiger partial charge in [0.2, 0.25) is 0 Å². The average molecular weight is 169 g/mol. The van der Waals surface area contributed by atoms with Crippen LogP contribution in [0.15, 0.2) is 0 Å². The minimum atomic E-state index is 0.628. The Morgan fingerprint density at radius 1 is 1.45 bits per heavy atom. The maximum atomic E-state index is 4.40. The third kappa shape index (κ3) is 1.62. The van der Waals surface area contributed by atoms with Gasteiger partial charge >= 0.3 is 0 Å². The Morgan fingerprint density at radius 2 is 2.09 bits per heavy atom. The summed E-state index contributed by atoms with van der Waals surface area (Å²) < 4.78 is 4.40. The van der Waals surface area contributed by atoms with E-state index in [-0.39, 0.29) is 0 Å². The molecule has 0 aliphatic carbocycles. The van der Waals surface area contributed by atoms with E-state index >= 15 is 0 Å². The molecule has 1 aromatic heterocycles. The summed E-state index contributed by atoms with van der Waals surface area (Å²) in [5.74, 6) is 0.628. The Balaban J connectivity index is 3.07. The number of aromatic nitrogens is 1. The highest BCUT2D eigenvalue weighted by Crippen LogP contribution is 2.26. The van der Waals surface area contributed by atoms with Crippen molar-refractivity contribution >= 4 is 11.5 Å². The molecule has 62 valence electrons. The molecule has 0 bridgehead atoms. The largest absolute Gasteiger partial charge is 0.197 e. The van der Waals surface area contributed by atoms with Crippen LogP contribution in [0.3, 0.4) is 0 Å². The fourth-order valence-corrected chi connectivity index (χ4v) is 2.35. The molecular weight excluding hydrogens is 154 g/mol. The molecule has 2 heteroatoms. The van der Waals surface area contributed by atoms with Gasteiger partial charge in [-0.2, -0.15) is 4.37 Å². The van der Waals surface area contributed by atoms with Crippen molar-refractivity contribution in [2.45, 2.75) is 40.0 Å². The van der Waals surface area contributed by atoms with Crippen molar-refractivity contribution in [2.75, 3.05) is 0 Å². The third-order valence-corrected chi connectivity index (χ3v) is 2.70. The van der Waals surface area contributed by atoms with Crippen molar-refractivity contribution in [3.63, 3.8) is 0 Å². The van der Waals surface area contributed by atoms with Crippen LogP contribution >= 0.6 is 11.5 Å². The summed E-state index contributed by atoms with van der Waals surface area (Å²) in [6.45, 7) is 8.79. The first-order valence-electron chi connectivity index (χ1n) is 4.11. The Labute approximate surface area is 72.6 Å². The number of rotatable bonds is 2. The van der Waals surface area contributed by atoms with Gasteiger partial charge in [0.15, 0.2) is 0 Å². The van der Waals surface area contributed by atoms with E-state index < -0.39 is 0 Å². The smallest absolute Gasteiger partial charge is 0.0576 e. The molecule has 1 rings (SSSR count). The monoisotopic (exact) mass is 169 g/mol. The summed E-state index contributed by atoms with van der Waals surface area (Å²) in [6, 6.07) is 0. The molecule has 0 atom stereocenters. The van der Waals surface area contributed by atoms with Gasteiger partial charge < -0.3 is 0 Å².